The van der Waals surface area contributed by atoms with Crippen molar-refractivity contribution in [2.24, 2.45) is 0 Å². The normalized spacial score (nSPS) is 19.7. The minimum Gasteiger partial charge on any atom is -0.478 e. The third-order valence-corrected chi connectivity index (χ3v) is 2.61. The molecule has 0 aromatic heterocycles. The Labute approximate surface area is 88.6 Å². The summed E-state index contributed by atoms with van der Waals surface area (Å²) in [5.74, 6) is 0.645. The predicted octanol–water partition coefficient (Wildman–Crippen LogP) is 1.40. The summed E-state index contributed by atoms with van der Waals surface area (Å²) in [6.07, 6.45) is 0.279. The molecule has 0 bridgehead atoms. The maximum Gasteiger partial charge on any atom is 0.267 e. The zero-order chi connectivity index (χ0) is 11.0. The first-order chi connectivity index (χ1) is 7.15. The number of carbonyl (C=O) groups is 1. The predicted molar refractivity (Wildman–Crippen MR) is 59.0 cm³/mol. The van der Waals surface area contributed by atoms with Crippen molar-refractivity contribution in [1.29, 1.82) is 0 Å². The molecule has 2 N–H and O–H groups in total. The van der Waals surface area contributed by atoms with E-state index in [-0.39, 0.29) is 12.0 Å². The first-order valence-corrected chi connectivity index (χ1v) is 4.98. The molecule has 0 aliphatic carbocycles. The summed E-state index contributed by atoms with van der Waals surface area (Å²) >= 11 is 0. The highest BCUT2D eigenvalue weighted by molar-refractivity contribution is 6.02. The van der Waals surface area contributed by atoms with Crippen LogP contribution in [0.1, 0.15) is 13.3 Å². The fourth-order valence-corrected chi connectivity index (χ4v) is 1.78. The maximum atomic E-state index is 11.8. The van der Waals surface area contributed by atoms with Crippen LogP contribution in [0.25, 0.3) is 0 Å². The molecule has 1 aromatic rings. The Kier molecular flexibility index (Phi) is 2.26. The van der Waals surface area contributed by atoms with E-state index >= 15 is 0 Å². The van der Waals surface area contributed by atoms with E-state index in [4.69, 9.17) is 10.5 Å². The Morgan fingerprint density at radius 1 is 1.53 bits per heavy atom. The fraction of sp³-hybridized carbons (Fsp3) is 0.364. The average Bonchev–Trinajstić information content (AvgIpc) is 2.23. The number of ether oxygens (including phenoxy) is 1. The highest BCUT2D eigenvalue weighted by atomic mass is 16.5. The molecule has 4 nitrogen and oxygen atoms in total. The van der Waals surface area contributed by atoms with Crippen LogP contribution in [0.15, 0.2) is 18.2 Å². The van der Waals surface area contributed by atoms with Gasteiger partial charge in [0.1, 0.15) is 11.4 Å². The molecular weight excluding hydrogens is 192 g/mol. The number of nitrogens with two attached hydrogens (primary N) is 1. The van der Waals surface area contributed by atoms with Crippen LogP contribution in [-0.2, 0) is 4.79 Å². The van der Waals surface area contributed by atoms with Gasteiger partial charge in [0.15, 0.2) is 6.10 Å². The van der Waals surface area contributed by atoms with Gasteiger partial charge in [0.05, 0.1) is 5.69 Å². The van der Waals surface area contributed by atoms with E-state index in [1.807, 2.05) is 19.1 Å². The molecule has 0 saturated heterocycles. The van der Waals surface area contributed by atoms with E-state index in [9.17, 15) is 4.79 Å². The summed E-state index contributed by atoms with van der Waals surface area (Å²) in [6.45, 7) is 1.92. The zero-order valence-corrected chi connectivity index (χ0v) is 8.86. The van der Waals surface area contributed by atoms with Crippen molar-refractivity contribution in [2.45, 2.75) is 19.4 Å². The third-order valence-electron chi connectivity index (χ3n) is 2.61. The van der Waals surface area contributed by atoms with Gasteiger partial charge in [-0.15, -0.1) is 0 Å². The summed E-state index contributed by atoms with van der Waals surface area (Å²) in [5.41, 5.74) is 7.05. The number of nitrogen functional groups attached to an aromatic ring is 1. The van der Waals surface area contributed by atoms with Gasteiger partial charge in [-0.3, -0.25) is 4.79 Å². The Bertz CT molecular complexity index is 404. The highest BCUT2D eigenvalue weighted by Gasteiger charge is 2.31. The lowest BCUT2D eigenvalue weighted by molar-refractivity contribution is -0.126. The molecule has 80 valence electrons. The van der Waals surface area contributed by atoms with Gasteiger partial charge in [-0.2, -0.15) is 0 Å². The molecule has 1 aliphatic rings. The SMILES string of the molecule is CCC1Oc2cccc(N)c2N(C)C1=O. The molecule has 4 heteroatoms. The van der Waals surface area contributed by atoms with Crippen molar-refractivity contribution in [1.82, 2.24) is 0 Å². The van der Waals surface area contributed by atoms with E-state index in [1.54, 1.807) is 18.0 Å². The molecule has 1 heterocycles. The smallest absolute Gasteiger partial charge is 0.267 e. The molecule has 15 heavy (non-hydrogen) atoms. The second-order valence-corrected chi connectivity index (χ2v) is 3.61. The van der Waals surface area contributed by atoms with Crippen LogP contribution in [0.4, 0.5) is 11.4 Å². The van der Waals surface area contributed by atoms with Crippen molar-refractivity contribution in [3.8, 4) is 5.75 Å². The largest absolute Gasteiger partial charge is 0.478 e. The second kappa shape index (κ2) is 3.46. The first-order valence-electron chi connectivity index (χ1n) is 4.98. The standard InChI is InChI=1S/C11H14N2O2/c1-3-8-11(14)13(2)10-7(12)5-4-6-9(10)15-8/h4-6,8H,3,12H2,1-2H3. The van der Waals surface area contributed by atoms with Gasteiger partial charge in [-0.1, -0.05) is 13.0 Å². The van der Waals surface area contributed by atoms with E-state index in [0.29, 0.717) is 23.5 Å². The van der Waals surface area contributed by atoms with Gasteiger partial charge in [0.2, 0.25) is 0 Å². The lowest BCUT2D eigenvalue weighted by atomic mass is 10.1. The van der Waals surface area contributed by atoms with Crippen molar-refractivity contribution in [3.05, 3.63) is 18.2 Å². The number of likely N-dealkylation sites (N-methyl/N-ethyl adjacent to an activating group) is 1. The number of hydrogen-bond donors (Lipinski definition) is 1. The molecule has 0 fully saturated rings. The summed E-state index contributed by atoms with van der Waals surface area (Å²) in [7, 11) is 1.72. The number of fused-ring (bicyclic) bond motifs is 1. The van der Waals surface area contributed by atoms with Gasteiger partial charge >= 0.3 is 0 Å². The number of nitrogens with zero attached hydrogens (tertiary/aromatic N) is 1. The number of anilines is 2. The molecule has 1 aromatic carbocycles. The minimum absolute atomic E-state index is 0.0390. The van der Waals surface area contributed by atoms with Gasteiger partial charge < -0.3 is 15.4 Å². The monoisotopic (exact) mass is 206 g/mol. The molecule has 1 amide bonds. The van der Waals surface area contributed by atoms with Crippen LogP contribution < -0.4 is 15.4 Å². The number of hydrogen-bond acceptors (Lipinski definition) is 3. The molecule has 0 radical (unpaired) electrons. The second-order valence-electron chi connectivity index (χ2n) is 3.61. The van der Waals surface area contributed by atoms with Crippen LogP contribution in [0.2, 0.25) is 0 Å². The van der Waals surface area contributed by atoms with E-state index in [1.165, 1.54) is 0 Å². The van der Waals surface area contributed by atoms with Crippen molar-refractivity contribution >= 4 is 17.3 Å². The summed E-state index contributed by atoms with van der Waals surface area (Å²) in [5, 5.41) is 0. The van der Waals surface area contributed by atoms with E-state index in [0.717, 1.165) is 0 Å². The molecule has 0 saturated carbocycles. The summed E-state index contributed by atoms with van der Waals surface area (Å²) in [4.78, 5) is 13.4. The first kappa shape index (κ1) is 9.83. The molecular formula is C11H14N2O2. The topological polar surface area (TPSA) is 55.6 Å². The fourth-order valence-electron chi connectivity index (χ4n) is 1.78. The van der Waals surface area contributed by atoms with E-state index < -0.39 is 0 Å². The number of carbonyl (C=O) groups excluding carboxylic acids is 1. The van der Waals surface area contributed by atoms with Crippen molar-refractivity contribution in [3.63, 3.8) is 0 Å². The molecule has 2 rings (SSSR count). The Balaban J connectivity index is 2.50. The lowest BCUT2D eigenvalue weighted by Gasteiger charge is -2.32. The molecule has 1 aliphatic heterocycles. The maximum absolute atomic E-state index is 11.8. The minimum atomic E-state index is -0.385. The number of amides is 1. The van der Waals surface area contributed by atoms with Crippen LogP contribution in [0.5, 0.6) is 5.75 Å². The quantitative estimate of drug-likeness (QED) is 0.707. The Hall–Kier alpha value is -1.71. The van der Waals surface area contributed by atoms with Crippen molar-refractivity contribution in [2.75, 3.05) is 17.7 Å². The van der Waals surface area contributed by atoms with Crippen LogP contribution in [-0.4, -0.2) is 19.1 Å². The molecule has 0 spiro atoms. The van der Waals surface area contributed by atoms with Crippen molar-refractivity contribution < 1.29 is 9.53 Å². The summed E-state index contributed by atoms with van der Waals surface area (Å²) < 4.78 is 5.57. The zero-order valence-electron chi connectivity index (χ0n) is 8.86. The van der Waals surface area contributed by atoms with E-state index in [2.05, 4.69) is 0 Å². The van der Waals surface area contributed by atoms with Crippen LogP contribution in [0, 0.1) is 0 Å². The van der Waals surface area contributed by atoms with Gasteiger partial charge in [-0.05, 0) is 18.6 Å². The van der Waals surface area contributed by atoms with Gasteiger partial charge in [0.25, 0.3) is 5.91 Å². The van der Waals surface area contributed by atoms with Gasteiger partial charge in [0, 0.05) is 7.05 Å². The van der Waals surface area contributed by atoms with Crippen LogP contribution >= 0.6 is 0 Å². The van der Waals surface area contributed by atoms with Gasteiger partial charge in [-0.25, -0.2) is 0 Å². The average molecular weight is 206 g/mol. The Morgan fingerprint density at radius 3 is 2.93 bits per heavy atom. The lowest BCUT2D eigenvalue weighted by Crippen LogP contribution is -2.43. The highest BCUT2D eigenvalue weighted by Crippen LogP contribution is 2.38. The number of benzene rings is 1. The number of para-hydroxylation sites is 1. The molecule has 1 unspecified atom stereocenters. The third kappa shape index (κ3) is 1.42. The number of rotatable bonds is 1. The van der Waals surface area contributed by atoms with Crippen LogP contribution in [0.3, 0.4) is 0 Å². The Morgan fingerprint density at radius 2 is 2.27 bits per heavy atom. The molecule has 1 atom stereocenters. The summed E-state index contributed by atoms with van der Waals surface area (Å²) in [6, 6.07) is 5.42.